The molecule has 1 aliphatic rings. The van der Waals surface area contributed by atoms with Crippen LogP contribution in [0.5, 0.6) is 0 Å². The highest BCUT2D eigenvalue weighted by Gasteiger charge is 2.19. The summed E-state index contributed by atoms with van der Waals surface area (Å²) in [4.78, 5) is 2.37. The van der Waals surface area contributed by atoms with Crippen LogP contribution in [0.1, 0.15) is 30.4 Å². The van der Waals surface area contributed by atoms with Crippen molar-refractivity contribution in [3.05, 3.63) is 29.3 Å². The number of benzene rings is 1. The molecule has 0 radical (unpaired) electrons. The van der Waals surface area contributed by atoms with Crippen LogP contribution in [-0.2, 0) is 6.54 Å². The molecule has 1 saturated carbocycles. The van der Waals surface area contributed by atoms with E-state index in [4.69, 9.17) is 5.73 Å². The van der Waals surface area contributed by atoms with E-state index in [0.29, 0.717) is 6.54 Å². The molecule has 2 heteroatoms. The van der Waals surface area contributed by atoms with E-state index in [1.807, 2.05) is 0 Å². The van der Waals surface area contributed by atoms with Crippen LogP contribution in [0.15, 0.2) is 18.2 Å². The van der Waals surface area contributed by atoms with Gasteiger partial charge in [-0.15, -0.1) is 0 Å². The van der Waals surface area contributed by atoms with Crippen LogP contribution < -0.4 is 10.6 Å². The van der Waals surface area contributed by atoms with Crippen LogP contribution >= 0.6 is 0 Å². The minimum absolute atomic E-state index is 0.631. The average Bonchev–Trinajstić information content (AvgIpc) is 2.23. The Hall–Kier alpha value is -1.02. The van der Waals surface area contributed by atoms with E-state index in [9.17, 15) is 0 Å². The summed E-state index contributed by atoms with van der Waals surface area (Å²) in [6.07, 6.45) is 4.21. The SMILES string of the molecule is Cc1ccc(N(C)CC2CCC2)c(CN)c1. The Morgan fingerprint density at radius 2 is 2.12 bits per heavy atom. The molecule has 2 N–H and O–H groups in total. The standard InChI is InChI=1S/C14H22N2/c1-11-6-7-14(13(8-11)9-15)16(2)10-12-4-3-5-12/h6-8,12H,3-5,9-10,15H2,1-2H3. The van der Waals surface area contributed by atoms with Crippen molar-refractivity contribution in [2.24, 2.45) is 11.7 Å². The van der Waals surface area contributed by atoms with Gasteiger partial charge >= 0.3 is 0 Å². The van der Waals surface area contributed by atoms with E-state index in [-0.39, 0.29) is 0 Å². The minimum atomic E-state index is 0.631. The third kappa shape index (κ3) is 2.38. The van der Waals surface area contributed by atoms with Gasteiger partial charge in [0.25, 0.3) is 0 Å². The maximum Gasteiger partial charge on any atom is 0.0409 e. The Kier molecular flexibility index (Phi) is 3.49. The van der Waals surface area contributed by atoms with Crippen LogP contribution in [0, 0.1) is 12.8 Å². The quantitative estimate of drug-likeness (QED) is 0.842. The summed E-state index contributed by atoms with van der Waals surface area (Å²) < 4.78 is 0. The molecule has 0 unspecified atom stereocenters. The van der Waals surface area contributed by atoms with Gasteiger partial charge in [0.15, 0.2) is 0 Å². The van der Waals surface area contributed by atoms with Crippen LogP contribution in [-0.4, -0.2) is 13.6 Å². The Morgan fingerprint density at radius 1 is 1.38 bits per heavy atom. The molecular formula is C14H22N2. The predicted octanol–water partition coefficient (Wildman–Crippen LogP) is 2.69. The van der Waals surface area contributed by atoms with Crippen molar-refractivity contribution >= 4 is 5.69 Å². The van der Waals surface area contributed by atoms with Crippen LogP contribution in [0.2, 0.25) is 0 Å². The molecule has 1 fully saturated rings. The van der Waals surface area contributed by atoms with Gasteiger partial charge in [0, 0.05) is 25.8 Å². The van der Waals surface area contributed by atoms with Crippen LogP contribution in [0.3, 0.4) is 0 Å². The molecule has 0 atom stereocenters. The largest absolute Gasteiger partial charge is 0.374 e. The highest BCUT2D eigenvalue weighted by atomic mass is 15.1. The highest BCUT2D eigenvalue weighted by molar-refractivity contribution is 5.54. The van der Waals surface area contributed by atoms with Crippen molar-refractivity contribution in [3.8, 4) is 0 Å². The van der Waals surface area contributed by atoms with Crippen LogP contribution in [0.25, 0.3) is 0 Å². The molecule has 16 heavy (non-hydrogen) atoms. The molecule has 2 nitrogen and oxygen atoms in total. The summed E-state index contributed by atoms with van der Waals surface area (Å²) >= 11 is 0. The molecule has 1 aromatic carbocycles. The molecule has 0 bridgehead atoms. The zero-order valence-corrected chi connectivity index (χ0v) is 10.4. The minimum Gasteiger partial charge on any atom is -0.374 e. The molecule has 1 aliphatic carbocycles. The fourth-order valence-electron chi connectivity index (χ4n) is 2.41. The first-order chi connectivity index (χ1) is 7.70. The second-order valence-corrected chi connectivity index (χ2v) is 5.01. The molecule has 2 rings (SSSR count). The van der Waals surface area contributed by atoms with Crippen molar-refractivity contribution in [1.82, 2.24) is 0 Å². The van der Waals surface area contributed by atoms with Crippen molar-refractivity contribution in [3.63, 3.8) is 0 Å². The Balaban J connectivity index is 2.11. The van der Waals surface area contributed by atoms with E-state index < -0.39 is 0 Å². The molecule has 0 aliphatic heterocycles. The number of nitrogens with two attached hydrogens (primary N) is 1. The monoisotopic (exact) mass is 218 g/mol. The number of rotatable bonds is 4. The molecular weight excluding hydrogens is 196 g/mol. The first kappa shape index (κ1) is 11.5. The summed E-state index contributed by atoms with van der Waals surface area (Å²) in [6, 6.07) is 6.58. The fourth-order valence-corrected chi connectivity index (χ4v) is 2.41. The Bertz CT molecular complexity index is 356. The number of aryl methyl sites for hydroxylation is 1. The molecule has 0 saturated heterocycles. The first-order valence-corrected chi connectivity index (χ1v) is 6.21. The zero-order valence-electron chi connectivity index (χ0n) is 10.4. The summed E-state index contributed by atoms with van der Waals surface area (Å²) in [5, 5.41) is 0. The van der Waals surface area contributed by atoms with Gasteiger partial charge in [-0.2, -0.15) is 0 Å². The maximum absolute atomic E-state index is 5.81. The van der Waals surface area contributed by atoms with E-state index in [0.717, 1.165) is 5.92 Å². The normalized spacial score (nSPS) is 15.9. The molecule has 88 valence electrons. The van der Waals surface area contributed by atoms with Crippen molar-refractivity contribution in [2.75, 3.05) is 18.5 Å². The number of hydrogen-bond acceptors (Lipinski definition) is 2. The van der Waals surface area contributed by atoms with E-state index in [2.05, 4.69) is 37.1 Å². The summed E-state index contributed by atoms with van der Waals surface area (Å²) in [5.41, 5.74) is 9.67. The van der Waals surface area contributed by atoms with Crippen LogP contribution in [0.4, 0.5) is 5.69 Å². The van der Waals surface area contributed by atoms with Gasteiger partial charge in [-0.25, -0.2) is 0 Å². The summed E-state index contributed by atoms with van der Waals surface area (Å²) in [5.74, 6) is 0.900. The number of nitrogens with zero attached hydrogens (tertiary/aromatic N) is 1. The second kappa shape index (κ2) is 4.88. The summed E-state index contributed by atoms with van der Waals surface area (Å²) in [7, 11) is 2.18. The lowest BCUT2D eigenvalue weighted by Crippen LogP contribution is -2.30. The highest BCUT2D eigenvalue weighted by Crippen LogP contribution is 2.29. The van der Waals surface area contributed by atoms with E-state index in [1.165, 1.54) is 42.6 Å². The lowest BCUT2D eigenvalue weighted by molar-refractivity contribution is 0.321. The maximum atomic E-state index is 5.81. The smallest absolute Gasteiger partial charge is 0.0409 e. The lowest BCUT2D eigenvalue weighted by Gasteiger charge is -2.32. The Morgan fingerprint density at radius 3 is 2.69 bits per heavy atom. The second-order valence-electron chi connectivity index (χ2n) is 5.01. The van der Waals surface area contributed by atoms with Gasteiger partial charge < -0.3 is 10.6 Å². The third-order valence-corrected chi connectivity index (χ3v) is 3.62. The van der Waals surface area contributed by atoms with E-state index in [1.54, 1.807) is 0 Å². The lowest BCUT2D eigenvalue weighted by atomic mass is 9.85. The molecule has 0 aromatic heterocycles. The van der Waals surface area contributed by atoms with Gasteiger partial charge in [0.05, 0.1) is 0 Å². The van der Waals surface area contributed by atoms with Gasteiger partial charge in [0.1, 0.15) is 0 Å². The first-order valence-electron chi connectivity index (χ1n) is 6.21. The number of anilines is 1. The van der Waals surface area contributed by atoms with Gasteiger partial charge in [-0.3, -0.25) is 0 Å². The van der Waals surface area contributed by atoms with E-state index >= 15 is 0 Å². The Labute approximate surface area is 98.4 Å². The average molecular weight is 218 g/mol. The van der Waals surface area contributed by atoms with Gasteiger partial charge in [-0.05, 0) is 37.3 Å². The molecule has 0 amide bonds. The van der Waals surface area contributed by atoms with Crippen molar-refractivity contribution in [1.29, 1.82) is 0 Å². The predicted molar refractivity (Wildman–Crippen MR) is 69.7 cm³/mol. The molecule has 0 heterocycles. The third-order valence-electron chi connectivity index (χ3n) is 3.62. The molecule has 1 aromatic rings. The molecule has 0 spiro atoms. The summed E-state index contributed by atoms with van der Waals surface area (Å²) in [6.45, 7) is 3.93. The van der Waals surface area contributed by atoms with Crippen molar-refractivity contribution in [2.45, 2.75) is 32.7 Å². The topological polar surface area (TPSA) is 29.3 Å². The fraction of sp³-hybridized carbons (Fsp3) is 0.571. The van der Waals surface area contributed by atoms with Gasteiger partial charge in [-0.1, -0.05) is 24.1 Å². The van der Waals surface area contributed by atoms with Gasteiger partial charge in [0.2, 0.25) is 0 Å². The number of hydrogen-bond donors (Lipinski definition) is 1. The van der Waals surface area contributed by atoms with Crippen molar-refractivity contribution < 1.29 is 0 Å². The zero-order chi connectivity index (χ0) is 11.5.